The number of likely N-dealkylation sites (N-methyl/N-ethyl adjacent to an activating group) is 1. The Kier molecular flexibility index (Phi) is 4.72. The molecule has 0 atom stereocenters. The van der Waals surface area contributed by atoms with Crippen LogP contribution < -0.4 is 9.50 Å². The topological polar surface area (TPSA) is 72.5 Å². The van der Waals surface area contributed by atoms with Gasteiger partial charge < -0.3 is 9.50 Å². The summed E-state index contributed by atoms with van der Waals surface area (Å²) in [4.78, 5) is 12.0. The van der Waals surface area contributed by atoms with E-state index in [9.17, 15) is 13.2 Å². The second-order valence-electron chi connectivity index (χ2n) is 4.30. The zero-order chi connectivity index (χ0) is 15.3. The Morgan fingerprint density at radius 2 is 1.67 bits per heavy atom. The summed E-state index contributed by atoms with van der Waals surface area (Å²) < 4.78 is 29.5. The molecule has 0 saturated carbocycles. The average molecular weight is 305 g/mol. The summed E-state index contributed by atoms with van der Waals surface area (Å²) in [6, 6.07) is 14.1. The molecule has 0 aliphatic rings. The number of Topliss-reactive ketones (excluding diaryl/α,β-unsaturated/α-hetero) is 1. The van der Waals surface area contributed by atoms with Crippen LogP contribution in [-0.4, -0.2) is 27.8 Å². The maximum Gasteiger partial charge on any atom is 0.339 e. The smallest absolute Gasteiger partial charge is 0.339 e. The summed E-state index contributed by atoms with van der Waals surface area (Å²) in [7, 11) is -2.32. The molecule has 0 aliphatic carbocycles. The highest BCUT2D eigenvalue weighted by atomic mass is 32.2. The summed E-state index contributed by atoms with van der Waals surface area (Å²) in [5.74, 6) is -0.210. The number of benzene rings is 2. The first-order chi connectivity index (χ1) is 10.0. The van der Waals surface area contributed by atoms with Gasteiger partial charge in [0.05, 0.1) is 12.1 Å². The Bertz CT molecular complexity index is 726. The van der Waals surface area contributed by atoms with Crippen molar-refractivity contribution >= 4 is 15.9 Å². The monoisotopic (exact) mass is 305 g/mol. The lowest BCUT2D eigenvalue weighted by atomic mass is 10.1. The predicted molar refractivity (Wildman–Crippen MR) is 79.0 cm³/mol. The average Bonchev–Trinajstić information content (AvgIpc) is 2.48. The Labute approximate surface area is 123 Å². The van der Waals surface area contributed by atoms with Crippen LogP contribution in [0.4, 0.5) is 0 Å². The Morgan fingerprint density at radius 1 is 1.05 bits per heavy atom. The summed E-state index contributed by atoms with van der Waals surface area (Å²) in [5, 5.41) is 2.73. The minimum Gasteiger partial charge on any atom is -0.378 e. The number of para-hydroxylation sites is 1. The van der Waals surface area contributed by atoms with Crippen molar-refractivity contribution in [2.75, 3.05) is 13.6 Å². The number of carbonyl (C=O) groups is 1. The Hall–Kier alpha value is -2.18. The number of hydrogen-bond donors (Lipinski definition) is 1. The van der Waals surface area contributed by atoms with Crippen LogP contribution in [-0.2, 0) is 10.1 Å². The number of nitrogens with one attached hydrogen (secondary N) is 1. The highest BCUT2D eigenvalue weighted by Crippen LogP contribution is 2.23. The quantitative estimate of drug-likeness (QED) is 0.651. The van der Waals surface area contributed by atoms with Gasteiger partial charge in [-0.15, -0.1) is 0 Å². The van der Waals surface area contributed by atoms with Gasteiger partial charge in [0.2, 0.25) is 0 Å². The molecule has 0 radical (unpaired) electrons. The third kappa shape index (κ3) is 3.68. The lowest BCUT2D eigenvalue weighted by molar-refractivity contribution is 0.0992. The Morgan fingerprint density at radius 3 is 2.33 bits per heavy atom. The van der Waals surface area contributed by atoms with Crippen molar-refractivity contribution in [3.05, 3.63) is 60.2 Å². The van der Waals surface area contributed by atoms with Gasteiger partial charge in [0.1, 0.15) is 4.90 Å². The van der Waals surface area contributed by atoms with Crippen molar-refractivity contribution in [3.8, 4) is 5.75 Å². The van der Waals surface area contributed by atoms with Crippen LogP contribution in [0.2, 0.25) is 0 Å². The fourth-order valence-electron chi connectivity index (χ4n) is 1.78. The van der Waals surface area contributed by atoms with E-state index in [4.69, 9.17) is 4.18 Å². The van der Waals surface area contributed by atoms with Crippen LogP contribution in [0.5, 0.6) is 5.75 Å². The van der Waals surface area contributed by atoms with E-state index < -0.39 is 10.1 Å². The van der Waals surface area contributed by atoms with E-state index in [0.29, 0.717) is 0 Å². The maximum absolute atomic E-state index is 12.2. The number of carbonyl (C=O) groups excluding carboxylic acids is 1. The molecule has 21 heavy (non-hydrogen) atoms. The molecule has 0 unspecified atom stereocenters. The second-order valence-corrected chi connectivity index (χ2v) is 5.85. The van der Waals surface area contributed by atoms with Gasteiger partial charge in [-0.3, -0.25) is 4.79 Å². The largest absolute Gasteiger partial charge is 0.378 e. The van der Waals surface area contributed by atoms with Crippen molar-refractivity contribution in [2.24, 2.45) is 0 Å². The summed E-state index contributed by atoms with van der Waals surface area (Å²) in [6.45, 7) is 0.103. The highest BCUT2D eigenvalue weighted by Gasteiger charge is 2.20. The summed E-state index contributed by atoms with van der Waals surface area (Å²) >= 11 is 0. The zero-order valence-electron chi connectivity index (χ0n) is 11.4. The summed E-state index contributed by atoms with van der Waals surface area (Å²) in [5.41, 5.74) is 0.228. The van der Waals surface area contributed by atoms with Crippen LogP contribution in [0.3, 0.4) is 0 Å². The molecule has 6 heteroatoms. The van der Waals surface area contributed by atoms with Crippen LogP contribution in [0.1, 0.15) is 10.4 Å². The molecule has 1 N–H and O–H groups in total. The molecule has 0 bridgehead atoms. The molecule has 2 aromatic carbocycles. The fraction of sp³-hybridized carbons (Fsp3) is 0.133. The SMILES string of the molecule is CNCC(=O)c1ccccc1OS(=O)(=O)c1ccccc1. The first-order valence-electron chi connectivity index (χ1n) is 6.31. The minimum absolute atomic E-state index is 0.0293. The van der Waals surface area contributed by atoms with Gasteiger partial charge in [-0.05, 0) is 31.3 Å². The van der Waals surface area contributed by atoms with E-state index in [1.165, 1.54) is 24.3 Å². The van der Waals surface area contributed by atoms with Crippen molar-refractivity contribution in [3.63, 3.8) is 0 Å². The van der Waals surface area contributed by atoms with E-state index in [2.05, 4.69) is 5.32 Å². The van der Waals surface area contributed by atoms with E-state index >= 15 is 0 Å². The van der Waals surface area contributed by atoms with Crippen molar-refractivity contribution < 1.29 is 17.4 Å². The van der Waals surface area contributed by atoms with Gasteiger partial charge in [-0.25, -0.2) is 0 Å². The number of rotatable bonds is 6. The molecular formula is C15H15NO4S. The van der Waals surface area contributed by atoms with Gasteiger partial charge in [0, 0.05) is 0 Å². The van der Waals surface area contributed by atoms with E-state index in [1.54, 1.807) is 37.4 Å². The highest BCUT2D eigenvalue weighted by molar-refractivity contribution is 7.87. The normalized spacial score (nSPS) is 11.1. The van der Waals surface area contributed by atoms with Crippen molar-refractivity contribution in [1.82, 2.24) is 5.32 Å². The molecule has 0 spiro atoms. The molecule has 0 saturated heterocycles. The minimum atomic E-state index is -3.96. The third-order valence-corrected chi connectivity index (χ3v) is 4.00. The molecule has 5 nitrogen and oxygen atoms in total. The van der Waals surface area contributed by atoms with E-state index in [1.807, 2.05) is 0 Å². The van der Waals surface area contributed by atoms with Crippen LogP contribution in [0, 0.1) is 0 Å². The lowest BCUT2D eigenvalue weighted by Gasteiger charge is -2.10. The molecular weight excluding hydrogens is 290 g/mol. The Balaban J connectivity index is 2.34. The number of ketones is 1. The molecule has 0 aromatic heterocycles. The van der Waals surface area contributed by atoms with Gasteiger partial charge >= 0.3 is 10.1 Å². The summed E-state index contributed by atoms with van der Waals surface area (Å²) in [6.07, 6.45) is 0. The number of hydrogen-bond acceptors (Lipinski definition) is 5. The third-order valence-electron chi connectivity index (χ3n) is 2.76. The molecule has 0 amide bonds. The van der Waals surface area contributed by atoms with Crippen LogP contribution in [0.15, 0.2) is 59.5 Å². The fourth-order valence-corrected chi connectivity index (χ4v) is 2.75. The zero-order valence-corrected chi connectivity index (χ0v) is 12.3. The van der Waals surface area contributed by atoms with Gasteiger partial charge in [-0.1, -0.05) is 30.3 Å². The van der Waals surface area contributed by atoms with Gasteiger partial charge in [0.15, 0.2) is 11.5 Å². The molecule has 0 aliphatic heterocycles. The van der Waals surface area contributed by atoms with E-state index in [0.717, 1.165) is 0 Å². The van der Waals surface area contributed by atoms with Gasteiger partial charge in [-0.2, -0.15) is 8.42 Å². The van der Waals surface area contributed by atoms with Crippen LogP contribution in [0.25, 0.3) is 0 Å². The molecule has 2 rings (SSSR count). The first-order valence-corrected chi connectivity index (χ1v) is 7.72. The molecule has 0 heterocycles. The van der Waals surface area contributed by atoms with Crippen LogP contribution >= 0.6 is 0 Å². The van der Waals surface area contributed by atoms with Gasteiger partial charge in [0.25, 0.3) is 0 Å². The standard InChI is InChI=1S/C15H15NO4S/c1-16-11-14(17)13-9-5-6-10-15(13)20-21(18,19)12-7-3-2-4-8-12/h2-10,16H,11H2,1H3. The second kappa shape index (κ2) is 6.51. The lowest BCUT2D eigenvalue weighted by Crippen LogP contribution is -2.20. The molecule has 2 aromatic rings. The molecule has 0 fully saturated rings. The predicted octanol–water partition coefficient (Wildman–Crippen LogP) is 1.86. The van der Waals surface area contributed by atoms with Crippen molar-refractivity contribution in [1.29, 1.82) is 0 Å². The van der Waals surface area contributed by atoms with E-state index in [-0.39, 0.29) is 28.5 Å². The molecule has 110 valence electrons. The maximum atomic E-state index is 12.2. The van der Waals surface area contributed by atoms with Crippen molar-refractivity contribution in [2.45, 2.75) is 4.90 Å². The first kappa shape index (κ1) is 15.2.